The van der Waals surface area contributed by atoms with Crippen molar-refractivity contribution in [2.24, 2.45) is 5.92 Å². The van der Waals surface area contributed by atoms with Gasteiger partial charge in [-0.1, -0.05) is 11.3 Å². The second-order valence-electron chi connectivity index (χ2n) is 7.36. The van der Waals surface area contributed by atoms with Gasteiger partial charge >= 0.3 is 0 Å². The molecule has 0 saturated carbocycles. The van der Waals surface area contributed by atoms with Crippen LogP contribution in [0.4, 0.5) is 5.13 Å². The van der Waals surface area contributed by atoms with Crippen molar-refractivity contribution >= 4 is 37.6 Å². The van der Waals surface area contributed by atoms with E-state index in [2.05, 4.69) is 14.9 Å². The van der Waals surface area contributed by atoms with Crippen molar-refractivity contribution in [2.75, 3.05) is 25.1 Å². The molecule has 0 atom stereocenters. The third-order valence-electron chi connectivity index (χ3n) is 5.55. The number of ether oxygens (including phenoxy) is 1. The second kappa shape index (κ2) is 7.44. The number of aromatic nitrogens is 4. The maximum atomic E-state index is 12.8. The van der Waals surface area contributed by atoms with Crippen molar-refractivity contribution in [3.8, 4) is 5.75 Å². The Kier molecular flexibility index (Phi) is 4.63. The van der Waals surface area contributed by atoms with Crippen LogP contribution in [-0.2, 0) is 6.54 Å². The van der Waals surface area contributed by atoms with Crippen molar-refractivity contribution in [2.45, 2.75) is 19.4 Å². The number of hydrogen-bond acceptors (Lipinski definition) is 7. The molecule has 3 aromatic heterocycles. The number of pyridine rings is 1. The fraction of sp³-hybridized carbons (Fsp3) is 0.333. The minimum atomic E-state index is 0.0127. The fourth-order valence-electron chi connectivity index (χ4n) is 3.88. The van der Waals surface area contributed by atoms with Gasteiger partial charge in [0.1, 0.15) is 11.3 Å². The van der Waals surface area contributed by atoms with Crippen LogP contribution in [0.25, 0.3) is 21.1 Å². The maximum absolute atomic E-state index is 12.8. The van der Waals surface area contributed by atoms with Gasteiger partial charge in [-0.3, -0.25) is 14.3 Å². The lowest BCUT2D eigenvalue weighted by Gasteiger charge is -2.31. The highest BCUT2D eigenvalue weighted by Crippen LogP contribution is 2.31. The monoisotopic (exact) mass is 407 g/mol. The largest absolute Gasteiger partial charge is 0.497 e. The number of hydrogen-bond donors (Lipinski definition) is 0. The Balaban J connectivity index is 1.29. The molecule has 148 valence electrons. The SMILES string of the molecule is COc1ccc2c(=O)n(CC3CCN(c4nc5cnccc5s4)CC3)cnc2c1. The van der Waals surface area contributed by atoms with Crippen molar-refractivity contribution in [1.29, 1.82) is 0 Å². The summed E-state index contributed by atoms with van der Waals surface area (Å²) in [6.07, 6.45) is 7.35. The predicted octanol–water partition coefficient (Wildman–Crippen LogP) is 3.33. The van der Waals surface area contributed by atoms with E-state index in [4.69, 9.17) is 9.72 Å². The molecule has 1 aromatic carbocycles. The van der Waals surface area contributed by atoms with Crippen LogP contribution in [0, 0.1) is 5.92 Å². The van der Waals surface area contributed by atoms with Gasteiger partial charge in [0, 0.05) is 31.9 Å². The van der Waals surface area contributed by atoms with Crippen LogP contribution in [0.5, 0.6) is 5.75 Å². The third kappa shape index (κ3) is 3.44. The predicted molar refractivity (Wildman–Crippen MR) is 115 cm³/mol. The molecular weight excluding hydrogens is 386 g/mol. The highest BCUT2D eigenvalue weighted by Gasteiger charge is 2.22. The topological polar surface area (TPSA) is 73.1 Å². The molecule has 0 spiro atoms. The fourth-order valence-corrected chi connectivity index (χ4v) is 4.87. The van der Waals surface area contributed by atoms with E-state index in [0.717, 1.165) is 36.6 Å². The van der Waals surface area contributed by atoms with E-state index in [9.17, 15) is 4.79 Å². The van der Waals surface area contributed by atoms with E-state index in [0.29, 0.717) is 29.1 Å². The average molecular weight is 407 g/mol. The first-order valence-electron chi connectivity index (χ1n) is 9.70. The normalized spacial score (nSPS) is 15.3. The highest BCUT2D eigenvalue weighted by atomic mass is 32.1. The van der Waals surface area contributed by atoms with E-state index in [1.54, 1.807) is 41.5 Å². The van der Waals surface area contributed by atoms with E-state index in [-0.39, 0.29) is 5.56 Å². The van der Waals surface area contributed by atoms with E-state index >= 15 is 0 Å². The standard InChI is InChI=1S/C21H21N5O2S/c1-28-15-2-3-16-17(10-15)23-13-26(20(16)27)12-14-5-8-25(9-6-14)21-24-18-11-22-7-4-19(18)29-21/h2-4,7,10-11,13-14H,5-6,8-9,12H2,1H3. The minimum Gasteiger partial charge on any atom is -0.497 e. The number of methoxy groups -OCH3 is 1. The summed E-state index contributed by atoms with van der Waals surface area (Å²) >= 11 is 1.72. The average Bonchev–Trinajstić information content (AvgIpc) is 3.20. The molecule has 1 fully saturated rings. The van der Waals surface area contributed by atoms with Crippen molar-refractivity contribution in [3.05, 3.63) is 53.3 Å². The van der Waals surface area contributed by atoms with Gasteiger partial charge < -0.3 is 9.64 Å². The Morgan fingerprint density at radius 1 is 1.21 bits per heavy atom. The first-order chi connectivity index (χ1) is 14.2. The number of thiazole rings is 1. The molecule has 4 aromatic rings. The number of piperidine rings is 1. The molecule has 7 nitrogen and oxygen atoms in total. The number of benzene rings is 1. The first-order valence-corrected chi connectivity index (χ1v) is 10.5. The van der Waals surface area contributed by atoms with E-state index in [1.165, 1.54) is 4.70 Å². The summed E-state index contributed by atoms with van der Waals surface area (Å²) < 4.78 is 8.14. The van der Waals surface area contributed by atoms with Crippen LogP contribution in [-0.4, -0.2) is 39.7 Å². The molecule has 29 heavy (non-hydrogen) atoms. The first kappa shape index (κ1) is 18.1. The summed E-state index contributed by atoms with van der Waals surface area (Å²) in [6.45, 7) is 2.60. The Bertz CT molecular complexity index is 1190. The molecule has 1 aliphatic rings. The Labute approximate surface area is 171 Å². The summed E-state index contributed by atoms with van der Waals surface area (Å²) in [6, 6.07) is 7.41. The molecule has 4 heterocycles. The minimum absolute atomic E-state index is 0.0127. The van der Waals surface area contributed by atoms with Crippen LogP contribution >= 0.6 is 11.3 Å². The summed E-state index contributed by atoms with van der Waals surface area (Å²) in [7, 11) is 1.61. The summed E-state index contributed by atoms with van der Waals surface area (Å²) in [5, 5.41) is 1.69. The zero-order valence-corrected chi connectivity index (χ0v) is 16.9. The lowest BCUT2D eigenvalue weighted by molar-refractivity contribution is 0.352. The van der Waals surface area contributed by atoms with Gasteiger partial charge in [0.05, 0.1) is 35.2 Å². The molecule has 0 N–H and O–H groups in total. The van der Waals surface area contributed by atoms with Crippen LogP contribution in [0.1, 0.15) is 12.8 Å². The molecule has 8 heteroatoms. The Hall–Kier alpha value is -3.00. The van der Waals surface area contributed by atoms with Gasteiger partial charge in [-0.15, -0.1) is 0 Å². The molecule has 1 saturated heterocycles. The smallest absolute Gasteiger partial charge is 0.261 e. The lowest BCUT2D eigenvalue weighted by Crippen LogP contribution is -2.36. The number of rotatable bonds is 4. The number of nitrogens with zero attached hydrogens (tertiary/aromatic N) is 5. The maximum Gasteiger partial charge on any atom is 0.261 e. The molecule has 0 aliphatic carbocycles. The van der Waals surface area contributed by atoms with Gasteiger partial charge in [-0.05, 0) is 37.0 Å². The molecule has 0 amide bonds. The molecule has 1 aliphatic heterocycles. The summed E-state index contributed by atoms with van der Waals surface area (Å²) in [5.74, 6) is 1.16. The molecule has 0 radical (unpaired) electrons. The van der Waals surface area contributed by atoms with Crippen molar-refractivity contribution < 1.29 is 4.74 Å². The third-order valence-corrected chi connectivity index (χ3v) is 6.65. The van der Waals surface area contributed by atoms with Crippen LogP contribution in [0.3, 0.4) is 0 Å². The lowest BCUT2D eigenvalue weighted by atomic mass is 9.97. The highest BCUT2D eigenvalue weighted by molar-refractivity contribution is 7.22. The van der Waals surface area contributed by atoms with Crippen LogP contribution < -0.4 is 15.2 Å². The number of fused-ring (bicyclic) bond motifs is 2. The Morgan fingerprint density at radius 2 is 2.07 bits per heavy atom. The zero-order chi connectivity index (χ0) is 19.8. The summed E-state index contributed by atoms with van der Waals surface area (Å²) in [5.41, 5.74) is 1.64. The van der Waals surface area contributed by atoms with Crippen LogP contribution in [0.15, 0.2) is 47.8 Å². The number of anilines is 1. The van der Waals surface area contributed by atoms with Gasteiger partial charge in [-0.2, -0.15) is 0 Å². The zero-order valence-electron chi connectivity index (χ0n) is 16.1. The van der Waals surface area contributed by atoms with Crippen molar-refractivity contribution in [1.82, 2.24) is 19.5 Å². The molecule has 0 bridgehead atoms. The van der Waals surface area contributed by atoms with Gasteiger partial charge in [-0.25, -0.2) is 9.97 Å². The quantitative estimate of drug-likeness (QED) is 0.517. The van der Waals surface area contributed by atoms with E-state index in [1.807, 2.05) is 24.5 Å². The van der Waals surface area contributed by atoms with Gasteiger partial charge in [0.2, 0.25) is 0 Å². The molecule has 0 unspecified atom stereocenters. The molecular formula is C21H21N5O2S. The van der Waals surface area contributed by atoms with Gasteiger partial charge in [0.25, 0.3) is 5.56 Å². The van der Waals surface area contributed by atoms with E-state index < -0.39 is 0 Å². The Morgan fingerprint density at radius 3 is 2.86 bits per heavy atom. The second-order valence-corrected chi connectivity index (χ2v) is 8.36. The van der Waals surface area contributed by atoms with Crippen molar-refractivity contribution in [3.63, 3.8) is 0 Å². The molecule has 5 rings (SSSR count). The van der Waals surface area contributed by atoms with Gasteiger partial charge in [0.15, 0.2) is 5.13 Å². The summed E-state index contributed by atoms with van der Waals surface area (Å²) in [4.78, 5) is 28.5. The van der Waals surface area contributed by atoms with Crippen LogP contribution in [0.2, 0.25) is 0 Å².